The van der Waals surface area contributed by atoms with Gasteiger partial charge in [-0.2, -0.15) is 0 Å². The summed E-state index contributed by atoms with van der Waals surface area (Å²) in [4.78, 5) is 4.12. The molecule has 0 fully saturated rings. The highest BCUT2D eigenvalue weighted by atomic mass is 16.3. The number of pyridine rings is 1. The Morgan fingerprint density at radius 3 is 2.70 bits per heavy atom. The molecule has 0 saturated carbocycles. The molecule has 1 aromatic heterocycles. The topological polar surface area (TPSA) is 57.8 Å². The molecule has 98 valence electrons. The standard InChI is InChI=1S/C16H13N3O/c1-11-8-9-17-15(10-11)18-19-16-13-5-3-2-4-12(13)6-7-14(16)20/h2-10,20H,1H3/b19-18+. The molecule has 0 aliphatic heterocycles. The molecular formula is C16H13N3O. The Hall–Kier alpha value is -2.75. The Morgan fingerprint density at radius 1 is 1.00 bits per heavy atom. The van der Waals surface area contributed by atoms with Crippen molar-refractivity contribution in [1.82, 2.24) is 4.98 Å². The largest absolute Gasteiger partial charge is 0.506 e. The molecule has 3 rings (SSSR count). The van der Waals surface area contributed by atoms with Gasteiger partial charge >= 0.3 is 0 Å². The summed E-state index contributed by atoms with van der Waals surface area (Å²) < 4.78 is 0. The Balaban J connectivity index is 2.08. The maximum Gasteiger partial charge on any atom is 0.174 e. The third kappa shape index (κ3) is 2.36. The van der Waals surface area contributed by atoms with Crippen LogP contribution in [0.1, 0.15) is 5.56 Å². The van der Waals surface area contributed by atoms with Crippen molar-refractivity contribution in [2.24, 2.45) is 10.2 Å². The fourth-order valence-corrected chi connectivity index (χ4v) is 2.02. The van der Waals surface area contributed by atoms with E-state index < -0.39 is 0 Å². The molecule has 0 bridgehead atoms. The smallest absolute Gasteiger partial charge is 0.174 e. The zero-order chi connectivity index (χ0) is 13.9. The molecule has 3 aromatic rings. The molecule has 2 aromatic carbocycles. The lowest BCUT2D eigenvalue weighted by Crippen LogP contribution is -1.76. The normalized spacial score (nSPS) is 11.2. The molecule has 0 amide bonds. The number of phenolic OH excluding ortho intramolecular Hbond substituents is 1. The molecular weight excluding hydrogens is 250 g/mol. The minimum absolute atomic E-state index is 0.111. The Morgan fingerprint density at radius 2 is 1.85 bits per heavy atom. The fraction of sp³-hybridized carbons (Fsp3) is 0.0625. The van der Waals surface area contributed by atoms with Crippen molar-refractivity contribution in [3.8, 4) is 5.75 Å². The molecule has 0 aliphatic rings. The first kappa shape index (κ1) is 12.3. The molecule has 1 heterocycles. The maximum absolute atomic E-state index is 9.97. The second-order valence-electron chi connectivity index (χ2n) is 4.55. The van der Waals surface area contributed by atoms with Gasteiger partial charge in [0.2, 0.25) is 0 Å². The summed E-state index contributed by atoms with van der Waals surface area (Å²) in [6, 6.07) is 15.0. The predicted molar refractivity (Wildman–Crippen MR) is 78.8 cm³/mol. The lowest BCUT2D eigenvalue weighted by molar-refractivity contribution is 0.477. The van der Waals surface area contributed by atoms with Crippen molar-refractivity contribution in [3.63, 3.8) is 0 Å². The lowest BCUT2D eigenvalue weighted by atomic mass is 10.1. The van der Waals surface area contributed by atoms with E-state index in [9.17, 15) is 5.11 Å². The Labute approximate surface area is 116 Å². The summed E-state index contributed by atoms with van der Waals surface area (Å²) in [7, 11) is 0. The number of hydrogen-bond donors (Lipinski definition) is 1. The van der Waals surface area contributed by atoms with E-state index in [2.05, 4.69) is 15.2 Å². The first-order valence-corrected chi connectivity index (χ1v) is 6.29. The average molecular weight is 263 g/mol. The van der Waals surface area contributed by atoms with Crippen molar-refractivity contribution in [3.05, 3.63) is 60.3 Å². The number of benzene rings is 2. The first-order chi connectivity index (χ1) is 9.74. The minimum Gasteiger partial charge on any atom is -0.506 e. The van der Waals surface area contributed by atoms with Crippen LogP contribution < -0.4 is 0 Å². The highest BCUT2D eigenvalue weighted by Crippen LogP contribution is 2.35. The van der Waals surface area contributed by atoms with Crippen LogP contribution in [0.2, 0.25) is 0 Å². The summed E-state index contributed by atoms with van der Waals surface area (Å²) >= 11 is 0. The lowest BCUT2D eigenvalue weighted by Gasteiger charge is -2.03. The number of rotatable bonds is 2. The van der Waals surface area contributed by atoms with E-state index in [-0.39, 0.29) is 5.75 Å². The number of phenols is 1. The highest BCUT2D eigenvalue weighted by molar-refractivity contribution is 5.95. The number of aryl methyl sites for hydroxylation is 1. The summed E-state index contributed by atoms with van der Waals surface area (Å²) in [5.41, 5.74) is 1.53. The van der Waals surface area contributed by atoms with Gasteiger partial charge in [-0.25, -0.2) is 4.98 Å². The van der Waals surface area contributed by atoms with Crippen LogP contribution in [0.25, 0.3) is 10.8 Å². The SMILES string of the molecule is Cc1ccnc(/N=N/c2c(O)ccc3ccccc23)c1. The van der Waals surface area contributed by atoms with Gasteiger partial charge in [0.05, 0.1) is 0 Å². The van der Waals surface area contributed by atoms with Crippen LogP contribution in [0.3, 0.4) is 0 Å². The molecule has 0 radical (unpaired) electrons. The molecule has 4 heteroatoms. The van der Waals surface area contributed by atoms with Crippen LogP contribution in [0.4, 0.5) is 11.5 Å². The van der Waals surface area contributed by atoms with Crippen LogP contribution in [0.5, 0.6) is 5.75 Å². The number of hydrogen-bond acceptors (Lipinski definition) is 4. The van der Waals surface area contributed by atoms with Crippen molar-refractivity contribution in [2.45, 2.75) is 6.92 Å². The summed E-state index contributed by atoms with van der Waals surface area (Å²) in [5.74, 6) is 0.637. The summed E-state index contributed by atoms with van der Waals surface area (Å²) in [6.07, 6.45) is 1.69. The monoisotopic (exact) mass is 263 g/mol. The molecule has 0 aliphatic carbocycles. The van der Waals surface area contributed by atoms with Gasteiger partial charge in [-0.1, -0.05) is 30.3 Å². The van der Waals surface area contributed by atoms with E-state index in [0.717, 1.165) is 16.3 Å². The van der Waals surface area contributed by atoms with Gasteiger partial charge in [-0.3, -0.25) is 0 Å². The number of azo groups is 1. The van der Waals surface area contributed by atoms with E-state index >= 15 is 0 Å². The predicted octanol–water partition coefficient (Wildman–Crippen LogP) is 4.66. The maximum atomic E-state index is 9.97. The molecule has 0 atom stereocenters. The van der Waals surface area contributed by atoms with Crippen LogP contribution in [0.15, 0.2) is 65.0 Å². The van der Waals surface area contributed by atoms with Gasteiger partial charge in [0.25, 0.3) is 0 Å². The molecule has 0 unspecified atom stereocenters. The van der Waals surface area contributed by atoms with Crippen LogP contribution in [-0.4, -0.2) is 10.1 Å². The zero-order valence-electron chi connectivity index (χ0n) is 11.0. The fourth-order valence-electron chi connectivity index (χ4n) is 2.02. The Kier molecular flexibility index (Phi) is 3.13. The van der Waals surface area contributed by atoms with E-state index in [0.29, 0.717) is 11.5 Å². The Bertz CT molecular complexity index is 797. The molecule has 4 nitrogen and oxygen atoms in total. The number of nitrogens with zero attached hydrogens (tertiary/aromatic N) is 3. The summed E-state index contributed by atoms with van der Waals surface area (Å²) in [6.45, 7) is 1.97. The number of aromatic hydroxyl groups is 1. The van der Waals surface area contributed by atoms with Crippen LogP contribution in [-0.2, 0) is 0 Å². The van der Waals surface area contributed by atoms with E-state index in [1.165, 1.54) is 0 Å². The van der Waals surface area contributed by atoms with Crippen molar-refractivity contribution in [1.29, 1.82) is 0 Å². The molecule has 0 saturated heterocycles. The third-order valence-electron chi connectivity index (χ3n) is 3.03. The number of aromatic nitrogens is 1. The summed E-state index contributed by atoms with van der Waals surface area (Å²) in [5, 5.41) is 20.1. The van der Waals surface area contributed by atoms with E-state index in [4.69, 9.17) is 0 Å². The van der Waals surface area contributed by atoms with Gasteiger partial charge < -0.3 is 5.11 Å². The average Bonchev–Trinajstić information content (AvgIpc) is 2.46. The number of fused-ring (bicyclic) bond motifs is 1. The second kappa shape index (κ2) is 5.09. The second-order valence-corrected chi connectivity index (χ2v) is 4.55. The van der Waals surface area contributed by atoms with Gasteiger partial charge in [0.15, 0.2) is 5.82 Å². The van der Waals surface area contributed by atoms with Crippen LogP contribution in [0, 0.1) is 6.92 Å². The van der Waals surface area contributed by atoms with Crippen molar-refractivity contribution in [2.75, 3.05) is 0 Å². The highest BCUT2D eigenvalue weighted by Gasteiger charge is 2.05. The van der Waals surface area contributed by atoms with Gasteiger partial charge in [-0.05, 0) is 36.1 Å². The zero-order valence-corrected chi connectivity index (χ0v) is 11.0. The van der Waals surface area contributed by atoms with E-state index in [1.54, 1.807) is 12.3 Å². The van der Waals surface area contributed by atoms with Crippen molar-refractivity contribution < 1.29 is 5.11 Å². The van der Waals surface area contributed by atoms with Gasteiger partial charge in [-0.15, -0.1) is 10.2 Å². The first-order valence-electron chi connectivity index (χ1n) is 6.29. The van der Waals surface area contributed by atoms with Gasteiger partial charge in [0.1, 0.15) is 11.4 Å². The van der Waals surface area contributed by atoms with Gasteiger partial charge in [0, 0.05) is 11.6 Å². The van der Waals surface area contributed by atoms with E-state index in [1.807, 2.05) is 49.4 Å². The minimum atomic E-state index is 0.111. The quantitative estimate of drug-likeness (QED) is 0.683. The van der Waals surface area contributed by atoms with Crippen molar-refractivity contribution >= 4 is 22.3 Å². The molecule has 20 heavy (non-hydrogen) atoms. The molecule has 1 N–H and O–H groups in total. The third-order valence-corrected chi connectivity index (χ3v) is 3.03. The van der Waals surface area contributed by atoms with Crippen LogP contribution >= 0.6 is 0 Å². The molecule has 0 spiro atoms.